The number of rotatable bonds is 1. The first-order valence-electron chi connectivity index (χ1n) is 5.01. The lowest BCUT2D eigenvalue weighted by Gasteiger charge is -2.35. The lowest BCUT2D eigenvalue weighted by atomic mass is 10.0. The summed E-state index contributed by atoms with van der Waals surface area (Å²) in [6.45, 7) is 8.46. The summed E-state index contributed by atoms with van der Waals surface area (Å²) in [6, 6.07) is 5.92. The van der Waals surface area contributed by atoms with Crippen molar-refractivity contribution in [2.45, 2.75) is 26.0 Å². The van der Waals surface area contributed by atoms with Crippen LogP contribution in [0.15, 0.2) is 30.5 Å². The molecule has 80 valence electrons. The van der Waals surface area contributed by atoms with Crippen molar-refractivity contribution < 1.29 is 4.74 Å². The van der Waals surface area contributed by atoms with Crippen LogP contribution in [0.5, 0.6) is 5.75 Å². The van der Waals surface area contributed by atoms with Gasteiger partial charge in [-0.1, -0.05) is 12.6 Å². The monoisotopic (exact) mass is 204 g/mol. The zero-order chi connectivity index (χ0) is 11.1. The van der Waals surface area contributed by atoms with Crippen LogP contribution in [-0.2, 0) is 6.54 Å². The van der Waals surface area contributed by atoms with E-state index in [0.29, 0.717) is 6.54 Å². The highest BCUT2D eigenvalue weighted by atomic mass is 16.5. The van der Waals surface area contributed by atoms with Gasteiger partial charge in [0.15, 0.2) is 0 Å². The van der Waals surface area contributed by atoms with Gasteiger partial charge in [-0.2, -0.15) is 0 Å². The molecular formula is C12H16N2O. The van der Waals surface area contributed by atoms with Crippen LogP contribution in [0.2, 0.25) is 0 Å². The van der Waals surface area contributed by atoms with Crippen molar-refractivity contribution in [3.05, 3.63) is 36.0 Å². The van der Waals surface area contributed by atoms with Gasteiger partial charge in [0.05, 0.1) is 11.4 Å². The first kappa shape index (κ1) is 10.1. The largest absolute Gasteiger partial charge is 0.479 e. The summed E-state index contributed by atoms with van der Waals surface area (Å²) >= 11 is 0. The molecule has 0 amide bonds. The summed E-state index contributed by atoms with van der Waals surface area (Å²) in [7, 11) is 0. The van der Waals surface area contributed by atoms with Crippen LogP contribution < -0.4 is 15.8 Å². The second kappa shape index (κ2) is 3.28. The molecule has 0 saturated carbocycles. The van der Waals surface area contributed by atoms with Gasteiger partial charge in [0.2, 0.25) is 0 Å². The quantitative estimate of drug-likeness (QED) is 0.737. The highest BCUT2D eigenvalue weighted by molar-refractivity contribution is 5.64. The molecule has 0 spiro atoms. The average molecular weight is 204 g/mol. The van der Waals surface area contributed by atoms with Gasteiger partial charge in [0.1, 0.15) is 11.4 Å². The average Bonchev–Trinajstić information content (AvgIpc) is 2.19. The molecule has 2 rings (SSSR count). The van der Waals surface area contributed by atoms with Gasteiger partial charge >= 0.3 is 0 Å². The molecule has 0 radical (unpaired) electrons. The number of nitrogens with one attached hydrogen (secondary N) is 1. The maximum atomic E-state index is 5.83. The van der Waals surface area contributed by atoms with Gasteiger partial charge in [0, 0.05) is 6.54 Å². The summed E-state index contributed by atoms with van der Waals surface area (Å²) in [5, 5.41) is 3.25. The highest BCUT2D eigenvalue weighted by Crippen LogP contribution is 2.37. The predicted octanol–water partition coefficient (Wildman–Crippen LogP) is 2.24. The van der Waals surface area contributed by atoms with Gasteiger partial charge < -0.3 is 15.8 Å². The van der Waals surface area contributed by atoms with E-state index < -0.39 is 0 Å². The minimum Gasteiger partial charge on any atom is -0.479 e. The summed E-state index contributed by atoms with van der Waals surface area (Å²) < 4.78 is 5.83. The SMILES string of the molecule is C=C1Nc2cc(CN)ccc2OC1(C)C. The molecular weight excluding hydrogens is 188 g/mol. The van der Waals surface area contributed by atoms with E-state index in [2.05, 4.69) is 11.9 Å². The van der Waals surface area contributed by atoms with Crippen molar-refractivity contribution in [2.75, 3.05) is 5.32 Å². The number of ether oxygens (including phenoxy) is 1. The first-order chi connectivity index (χ1) is 7.03. The summed E-state index contributed by atoms with van der Waals surface area (Å²) in [5.41, 5.74) is 8.11. The molecule has 0 aromatic heterocycles. The summed E-state index contributed by atoms with van der Waals surface area (Å²) in [6.07, 6.45) is 0. The maximum absolute atomic E-state index is 5.83. The molecule has 3 nitrogen and oxygen atoms in total. The Kier molecular flexibility index (Phi) is 2.20. The first-order valence-corrected chi connectivity index (χ1v) is 5.01. The van der Waals surface area contributed by atoms with E-state index in [9.17, 15) is 0 Å². The van der Waals surface area contributed by atoms with Crippen LogP contribution in [0.4, 0.5) is 5.69 Å². The van der Waals surface area contributed by atoms with Crippen LogP contribution in [0, 0.1) is 0 Å². The van der Waals surface area contributed by atoms with Gasteiger partial charge in [-0.05, 0) is 31.5 Å². The van der Waals surface area contributed by atoms with E-state index in [1.165, 1.54) is 0 Å². The van der Waals surface area contributed by atoms with E-state index in [1.54, 1.807) is 0 Å². The predicted molar refractivity (Wildman–Crippen MR) is 61.8 cm³/mol. The van der Waals surface area contributed by atoms with Gasteiger partial charge in [-0.25, -0.2) is 0 Å². The molecule has 1 aliphatic heterocycles. The molecule has 0 aliphatic carbocycles. The molecule has 15 heavy (non-hydrogen) atoms. The number of hydrogen-bond donors (Lipinski definition) is 2. The van der Waals surface area contributed by atoms with E-state index in [1.807, 2.05) is 32.0 Å². The third-order valence-electron chi connectivity index (χ3n) is 2.66. The van der Waals surface area contributed by atoms with Gasteiger partial charge in [0.25, 0.3) is 0 Å². The molecule has 3 N–H and O–H groups in total. The molecule has 0 saturated heterocycles. The second-order valence-electron chi connectivity index (χ2n) is 4.25. The lowest BCUT2D eigenvalue weighted by molar-refractivity contribution is 0.144. The molecule has 0 fully saturated rings. The van der Waals surface area contributed by atoms with E-state index in [4.69, 9.17) is 10.5 Å². The molecule has 0 bridgehead atoms. The topological polar surface area (TPSA) is 47.3 Å². The molecule has 1 heterocycles. The third-order valence-corrected chi connectivity index (χ3v) is 2.66. The Bertz CT molecular complexity index is 410. The van der Waals surface area contributed by atoms with Crippen LogP contribution in [-0.4, -0.2) is 5.60 Å². The van der Waals surface area contributed by atoms with Crippen LogP contribution in [0.3, 0.4) is 0 Å². The number of nitrogens with two attached hydrogens (primary N) is 1. The van der Waals surface area contributed by atoms with Crippen molar-refractivity contribution in [1.82, 2.24) is 0 Å². The van der Waals surface area contributed by atoms with Crippen LogP contribution in [0.1, 0.15) is 19.4 Å². The number of anilines is 1. The Balaban J connectivity index is 2.41. The molecule has 0 unspecified atom stereocenters. The van der Waals surface area contributed by atoms with Crippen molar-refractivity contribution in [3.63, 3.8) is 0 Å². The van der Waals surface area contributed by atoms with Crippen LogP contribution >= 0.6 is 0 Å². The van der Waals surface area contributed by atoms with Crippen molar-refractivity contribution in [2.24, 2.45) is 5.73 Å². The zero-order valence-electron chi connectivity index (χ0n) is 9.13. The van der Waals surface area contributed by atoms with E-state index >= 15 is 0 Å². The van der Waals surface area contributed by atoms with Crippen molar-refractivity contribution in [3.8, 4) is 5.75 Å². The Morgan fingerprint density at radius 3 is 2.87 bits per heavy atom. The lowest BCUT2D eigenvalue weighted by Crippen LogP contribution is -2.37. The van der Waals surface area contributed by atoms with Crippen molar-refractivity contribution >= 4 is 5.69 Å². The fourth-order valence-electron chi connectivity index (χ4n) is 1.54. The smallest absolute Gasteiger partial charge is 0.144 e. The van der Waals surface area contributed by atoms with E-state index in [-0.39, 0.29) is 5.60 Å². The number of hydrogen-bond acceptors (Lipinski definition) is 3. The molecule has 3 heteroatoms. The fourth-order valence-corrected chi connectivity index (χ4v) is 1.54. The van der Waals surface area contributed by atoms with Gasteiger partial charge in [-0.15, -0.1) is 0 Å². The second-order valence-corrected chi connectivity index (χ2v) is 4.25. The molecule has 1 aromatic rings. The minimum atomic E-state index is -0.364. The zero-order valence-corrected chi connectivity index (χ0v) is 9.13. The minimum absolute atomic E-state index is 0.364. The van der Waals surface area contributed by atoms with Crippen molar-refractivity contribution in [1.29, 1.82) is 0 Å². The highest BCUT2D eigenvalue weighted by Gasteiger charge is 2.30. The summed E-state index contributed by atoms with van der Waals surface area (Å²) in [5.74, 6) is 0.851. The Morgan fingerprint density at radius 1 is 1.47 bits per heavy atom. The molecule has 1 aliphatic rings. The number of fused-ring (bicyclic) bond motifs is 1. The standard InChI is InChI=1S/C12H16N2O/c1-8-12(2,3)15-11-5-4-9(7-13)6-10(11)14-8/h4-6,14H,1,7,13H2,2-3H3. The Morgan fingerprint density at radius 2 is 2.20 bits per heavy atom. The van der Waals surface area contributed by atoms with E-state index in [0.717, 1.165) is 22.7 Å². The Hall–Kier alpha value is -1.48. The molecule has 0 atom stereocenters. The normalized spacial score (nSPS) is 17.7. The third kappa shape index (κ3) is 1.70. The Labute approximate surface area is 89.9 Å². The molecule has 1 aromatic carbocycles. The van der Waals surface area contributed by atoms with Crippen LogP contribution in [0.25, 0.3) is 0 Å². The number of benzene rings is 1. The summed E-state index contributed by atoms with van der Waals surface area (Å²) in [4.78, 5) is 0. The fraction of sp³-hybridized carbons (Fsp3) is 0.333. The maximum Gasteiger partial charge on any atom is 0.144 e. The van der Waals surface area contributed by atoms with Gasteiger partial charge in [-0.3, -0.25) is 0 Å².